The van der Waals surface area contributed by atoms with E-state index in [1.165, 1.54) is 11.1 Å². The number of benzene rings is 1. The van der Waals surface area contributed by atoms with Crippen LogP contribution in [-0.4, -0.2) is 35.0 Å². The maximum absolute atomic E-state index is 12.3. The largest absolute Gasteiger partial charge is 0.481 e. The van der Waals surface area contributed by atoms with Gasteiger partial charge < -0.3 is 10.0 Å². The van der Waals surface area contributed by atoms with Crippen molar-refractivity contribution >= 4 is 11.9 Å². The average Bonchev–Trinajstić information content (AvgIpc) is 3.06. The van der Waals surface area contributed by atoms with Crippen molar-refractivity contribution in [3.8, 4) is 0 Å². The normalized spacial score (nSPS) is 21.5. The van der Waals surface area contributed by atoms with Crippen molar-refractivity contribution in [2.24, 2.45) is 5.92 Å². The molecule has 0 spiro atoms. The maximum Gasteiger partial charge on any atom is 0.308 e. The van der Waals surface area contributed by atoms with Crippen molar-refractivity contribution in [3.63, 3.8) is 0 Å². The molecule has 3 rings (SSSR count). The number of carbonyl (C=O) groups excluding carboxylic acids is 1. The molecule has 100 valence electrons. The second-order valence-electron chi connectivity index (χ2n) is 5.41. The van der Waals surface area contributed by atoms with Gasteiger partial charge in [0, 0.05) is 18.7 Å². The third-order valence-corrected chi connectivity index (χ3v) is 4.17. The molecule has 1 heterocycles. The number of carboxylic acids is 1. The number of carboxylic acid groups (broad SMARTS) is 1. The zero-order valence-corrected chi connectivity index (χ0v) is 10.8. The Bertz CT molecular complexity index is 538. The van der Waals surface area contributed by atoms with Crippen LogP contribution in [0.25, 0.3) is 0 Å². The summed E-state index contributed by atoms with van der Waals surface area (Å²) in [6, 6.07) is 5.90. The fourth-order valence-corrected chi connectivity index (χ4v) is 3.03. The highest BCUT2D eigenvalue weighted by Crippen LogP contribution is 2.25. The molecule has 1 aliphatic carbocycles. The number of carbonyl (C=O) groups is 2. The highest BCUT2D eigenvalue weighted by molar-refractivity contribution is 5.95. The second-order valence-corrected chi connectivity index (χ2v) is 5.41. The summed E-state index contributed by atoms with van der Waals surface area (Å²) in [4.78, 5) is 24.9. The van der Waals surface area contributed by atoms with Gasteiger partial charge in [-0.15, -0.1) is 0 Å². The Hall–Kier alpha value is -1.84. The first-order valence-corrected chi connectivity index (χ1v) is 6.79. The molecule has 4 heteroatoms. The molecule has 1 N–H and O–H groups in total. The minimum Gasteiger partial charge on any atom is -0.481 e. The van der Waals surface area contributed by atoms with E-state index in [4.69, 9.17) is 5.11 Å². The van der Waals surface area contributed by atoms with Crippen molar-refractivity contribution < 1.29 is 14.7 Å². The molecule has 1 aliphatic heterocycles. The van der Waals surface area contributed by atoms with Crippen molar-refractivity contribution in [3.05, 3.63) is 34.9 Å². The van der Waals surface area contributed by atoms with E-state index in [9.17, 15) is 9.59 Å². The van der Waals surface area contributed by atoms with E-state index >= 15 is 0 Å². The Morgan fingerprint density at radius 3 is 2.74 bits per heavy atom. The molecule has 0 aromatic heterocycles. The van der Waals surface area contributed by atoms with Crippen LogP contribution in [0.1, 0.15) is 34.3 Å². The van der Waals surface area contributed by atoms with Crippen molar-refractivity contribution in [1.29, 1.82) is 0 Å². The summed E-state index contributed by atoms with van der Waals surface area (Å²) in [5, 5.41) is 8.97. The van der Waals surface area contributed by atoms with Crippen molar-refractivity contribution in [2.45, 2.75) is 25.7 Å². The fourth-order valence-electron chi connectivity index (χ4n) is 3.03. The van der Waals surface area contributed by atoms with Gasteiger partial charge in [0.15, 0.2) is 0 Å². The molecule has 1 aromatic rings. The maximum atomic E-state index is 12.3. The molecule has 0 bridgehead atoms. The minimum absolute atomic E-state index is 0.0292. The number of aliphatic carboxylic acids is 1. The predicted molar refractivity (Wildman–Crippen MR) is 70.1 cm³/mol. The van der Waals surface area contributed by atoms with Gasteiger partial charge in [-0.25, -0.2) is 0 Å². The third kappa shape index (κ3) is 2.23. The molecule has 1 aromatic carbocycles. The topological polar surface area (TPSA) is 57.6 Å². The van der Waals surface area contributed by atoms with Crippen LogP contribution in [0.2, 0.25) is 0 Å². The Morgan fingerprint density at radius 1 is 1.21 bits per heavy atom. The van der Waals surface area contributed by atoms with Crippen molar-refractivity contribution in [2.75, 3.05) is 13.1 Å². The van der Waals surface area contributed by atoms with Gasteiger partial charge in [-0.3, -0.25) is 9.59 Å². The molecule has 1 saturated heterocycles. The van der Waals surface area contributed by atoms with Crippen LogP contribution in [0, 0.1) is 5.92 Å². The van der Waals surface area contributed by atoms with Gasteiger partial charge in [0.1, 0.15) is 0 Å². The summed E-state index contributed by atoms with van der Waals surface area (Å²) >= 11 is 0. The predicted octanol–water partition coefficient (Wildman–Crippen LogP) is 1.72. The summed E-state index contributed by atoms with van der Waals surface area (Å²) in [6.07, 6.45) is 3.88. The molecule has 0 saturated carbocycles. The number of hydrogen-bond acceptors (Lipinski definition) is 2. The molecule has 0 radical (unpaired) electrons. The van der Waals surface area contributed by atoms with E-state index in [-0.39, 0.29) is 5.91 Å². The summed E-state index contributed by atoms with van der Waals surface area (Å²) in [5.41, 5.74) is 3.33. The monoisotopic (exact) mass is 259 g/mol. The lowest BCUT2D eigenvalue weighted by atomic mass is 10.1. The number of aryl methyl sites for hydroxylation is 2. The number of nitrogens with zero attached hydrogens (tertiary/aromatic N) is 1. The molecular formula is C15H17NO3. The summed E-state index contributed by atoms with van der Waals surface area (Å²) in [6.45, 7) is 0.887. The highest BCUT2D eigenvalue weighted by Gasteiger charge is 2.31. The molecule has 1 amide bonds. The number of likely N-dealkylation sites (tertiary alicyclic amines) is 1. The van der Waals surface area contributed by atoms with Crippen LogP contribution in [0.4, 0.5) is 0 Å². The van der Waals surface area contributed by atoms with Gasteiger partial charge in [0.05, 0.1) is 5.92 Å². The quantitative estimate of drug-likeness (QED) is 0.879. The first-order valence-electron chi connectivity index (χ1n) is 6.79. The van der Waals surface area contributed by atoms with Gasteiger partial charge in [-0.2, -0.15) is 0 Å². The zero-order chi connectivity index (χ0) is 13.4. The Morgan fingerprint density at radius 2 is 2.00 bits per heavy atom. The van der Waals surface area contributed by atoms with Crippen LogP contribution in [0.15, 0.2) is 18.2 Å². The Labute approximate surface area is 112 Å². The van der Waals surface area contributed by atoms with Crippen LogP contribution in [0.3, 0.4) is 0 Å². The van der Waals surface area contributed by atoms with Gasteiger partial charge in [-0.1, -0.05) is 6.07 Å². The van der Waals surface area contributed by atoms with Gasteiger partial charge >= 0.3 is 5.97 Å². The first-order chi connectivity index (χ1) is 9.15. The third-order valence-electron chi connectivity index (χ3n) is 4.17. The summed E-state index contributed by atoms with van der Waals surface area (Å²) in [5.74, 6) is -1.24. The standard InChI is InChI=1S/C15H17NO3/c17-14(16-7-6-13(9-16)15(18)19)12-5-4-10-2-1-3-11(10)8-12/h4-5,8,13H,1-3,6-7,9H2,(H,18,19)/t13-/m1/s1. The minimum atomic E-state index is -0.802. The Kier molecular flexibility index (Phi) is 3.01. The number of hydrogen-bond donors (Lipinski definition) is 1. The number of rotatable bonds is 2. The van der Waals surface area contributed by atoms with Crippen LogP contribution >= 0.6 is 0 Å². The van der Waals surface area contributed by atoms with Gasteiger partial charge in [0.2, 0.25) is 0 Å². The zero-order valence-electron chi connectivity index (χ0n) is 10.8. The summed E-state index contributed by atoms with van der Waals surface area (Å²) in [7, 11) is 0. The lowest BCUT2D eigenvalue weighted by Gasteiger charge is -2.16. The first kappa shape index (κ1) is 12.2. The van der Waals surface area contributed by atoms with Gasteiger partial charge in [0.25, 0.3) is 5.91 Å². The average molecular weight is 259 g/mol. The SMILES string of the molecule is O=C(O)[C@@H]1CCN(C(=O)c2ccc3c(c2)CCC3)C1. The molecule has 1 atom stereocenters. The number of amides is 1. The van der Waals surface area contributed by atoms with E-state index in [0.29, 0.717) is 25.1 Å². The lowest BCUT2D eigenvalue weighted by molar-refractivity contribution is -0.141. The smallest absolute Gasteiger partial charge is 0.308 e. The molecule has 4 nitrogen and oxygen atoms in total. The van der Waals surface area contributed by atoms with E-state index in [0.717, 1.165) is 19.3 Å². The van der Waals surface area contributed by atoms with Crippen LogP contribution in [0.5, 0.6) is 0 Å². The summed E-state index contributed by atoms with van der Waals surface area (Å²) < 4.78 is 0. The van der Waals surface area contributed by atoms with Gasteiger partial charge in [-0.05, 0) is 48.9 Å². The van der Waals surface area contributed by atoms with E-state index < -0.39 is 11.9 Å². The number of fused-ring (bicyclic) bond motifs is 1. The fraction of sp³-hybridized carbons (Fsp3) is 0.467. The van der Waals surface area contributed by atoms with E-state index in [1.807, 2.05) is 18.2 Å². The molecule has 0 unspecified atom stereocenters. The van der Waals surface area contributed by atoms with E-state index in [1.54, 1.807) is 4.90 Å². The lowest BCUT2D eigenvalue weighted by Crippen LogP contribution is -2.30. The molecule has 1 fully saturated rings. The molecule has 19 heavy (non-hydrogen) atoms. The molecular weight excluding hydrogens is 242 g/mol. The van der Waals surface area contributed by atoms with Crippen molar-refractivity contribution in [1.82, 2.24) is 4.90 Å². The van der Waals surface area contributed by atoms with Crippen LogP contribution < -0.4 is 0 Å². The second kappa shape index (κ2) is 4.68. The van der Waals surface area contributed by atoms with Crippen LogP contribution in [-0.2, 0) is 17.6 Å². The van der Waals surface area contributed by atoms with E-state index in [2.05, 4.69) is 0 Å². The molecule has 2 aliphatic rings. The highest BCUT2D eigenvalue weighted by atomic mass is 16.4. The Balaban J connectivity index is 1.76.